The molecule has 0 N–H and O–H groups in total. The molecule has 2 aliphatic heterocycles. The lowest BCUT2D eigenvalue weighted by molar-refractivity contribution is -0.203. The maximum Gasteiger partial charge on any atom is 0.494 e. The van der Waals surface area contributed by atoms with E-state index in [-0.39, 0.29) is 50.2 Å². The van der Waals surface area contributed by atoms with Crippen molar-refractivity contribution < 1.29 is 37.6 Å². The second kappa shape index (κ2) is 15.5. The lowest BCUT2D eigenvalue weighted by Crippen LogP contribution is -2.43. The van der Waals surface area contributed by atoms with Crippen LogP contribution in [-0.4, -0.2) is 64.4 Å². The molecule has 3 aliphatic rings. The molecule has 4 aromatic rings. The van der Waals surface area contributed by atoms with Crippen LogP contribution in [0.3, 0.4) is 0 Å². The van der Waals surface area contributed by atoms with Gasteiger partial charge >= 0.3 is 14.2 Å². The predicted octanol–water partition coefficient (Wildman–Crippen LogP) is 8.52. The molecule has 0 atom stereocenters. The molecule has 1 saturated carbocycles. The van der Waals surface area contributed by atoms with Gasteiger partial charge in [-0.15, -0.1) is 0 Å². The van der Waals surface area contributed by atoms with Crippen LogP contribution in [-0.2, 0) is 48.8 Å². The molecule has 3 fully saturated rings. The minimum atomic E-state index is -0.520. The number of ether oxygens (including phenoxy) is 4. The quantitative estimate of drug-likeness (QED) is 0.105. The van der Waals surface area contributed by atoms with Crippen molar-refractivity contribution in [2.75, 3.05) is 27.8 Å². The Hall–Kier alpha value is -3.31. The normalized spacial score (nSPS) is 25.1. The summed E-state index contributed by atoms with van der Waals surface area (Å²) in [5.41, 5.74) is 6.26. The standard InChI is InChI=1S/C46H58B2O8/c1-41(2)42(3,4)54-47(53-41)39-23-15-35(16-24-39)33-11-19-37(20-12-33)45(51-31-49-9)27-29-46(30-28-45,52-32-50-10)38-21-13-34(14-22-38)36-17-25-40(26-18-36)48-55-43(5,6)44(7,8)56-48/h11-26H,27-32H2,1-10H3. The van der Waals surface area contributed by atoms with E-state index in [1.807, 2.05) is 0 Å². The van der Waals surface area contributed by atoms with E-state index in [0.29, 0.717) is 0 Å². The summed E-state index contributed by atoms with van der Waals surface area (Å²) < 4.78 is 49.2. The summed E-state index contributed by atoms with van der Waals surface area (Å²) in [5, 5.41) is 0. The van der Waals surface area contributed by atoms with Gasteiger partial charge in [0.15, 0.2) is 0 Å². The van der Waals surface area contributed by atoms with Gasteiger partial charge < -0.3 is 37.6 Å². The average Bonchev–Trinajstić information content (AvgIpc) is 3.56. The van der Waals surface area contributed by atoms with Gasteiger partial charge in [0.2, 0.25) is 0 Å². The van der Waals surface area contributed by atoms with Gasteiger partial charge in [-0.05, 0) is 125 Å². The number of benzene rings is 4. The largest absolute Gasteiger partial charge is 0.494 e. The molecule has 8 nitrogen and oxygen atoms in total. The highest BCUT2D eigenvalue weighted by Crippen LogP contribution is 2.50. The highest BCUT2D eigenvalue weighted by Gasteiger charge is 2.53. The summed E-state index contributed by atoms with van der Waals surface area (Å²) in [6.07, 6.45) is 3.02. The number of rotatable bonds is 12. The second-order valence-corrected chi connectivity index (χ2v) is 17.7. The second-order valence-electron chi connectivity index (χ2n) is 17.7. The van der Waals surface area contributed by atoms with Crippen molar-refractivity contribution in [3.05, 3.63) is 108 Å². The number of hydrogen-bond acceptors (Lipinski definition) is 8. The Bertz CT molecular complexity index is 1760. The van der Waals surface area contributed by atoms with Gasteiger partial charge in [0.1, 0.15) is 13.6 Å². The Kier molecular flexibility index (Phi) is 11.3. The van der Waals surface area contributed by atoms with Crippen molar-refractivity contribution in [1.82, 2.24) is 0 Å². The summed E-state index contributed by atoms with van der Waals surface area (Å²) in [7, 11) is 2.58. The molecule has 4 aromatic carbocycles. The van der Waals surface area contributed by atoms with Gasteiger partial charge in [-0.25, -0.2) is 0 Å². The Morgan fingerprint density at radius 2 is 0.661 bits per heavy atom. The van der Waals surface area contributed by atoms with Crippen LogP contribution in [0, 0.1) is 0 Å². The van der Waals surface area contributed by atoms with Crippen molar-refractivity contribution in [3.8, 4) is 22.3 Å². The van der Waals surface area contributed by atoms with Gasteiger partial charge in [-0.3, -0.25) is 0 Å². The molecule has 1 aliphatic carbocycles. The Morgan fingerprint density at radius 1 is 0.411 bits per heavy atom. The summed E-state index contributed by atoms with van der Waals surface area (Å²) >= 11 is 0. The van der Waals surface area contributed by atoms with Crippen molar-refractivity contribution in [1.29, 1.82) is 0 Å². The third kappa shape index (κ3) is 7.80. The molecule has 56 heavy (non-hydrogen) atoms. The molecular weight excluding hydrogens is 702 g/mol. The zero-order chi connectivity index (χ0) is 40.0. The van der Waals surface area contributed by atoms with Crippen molar-refractivity contribution in [2.45, 2.75) is 115 Å². The van der Waals surface area contributed by atoms with E-state index in [1.165, 1.54) is 0 Å². The van der Waals surface area contributed by atoms with E-state index < -0.39 is 11.2 Å². The van der Waals surface area contributed by atoms with E-state index in [2.05, 4.69) is 152 Å². The maximum absolute atomic E-state index is 6.58. The van der Waals surface area contributed by atoms with Crippen molar-refractivity contribution >= 4 is 25.2 Å². The van der Waals surface area contributed by atoms with Crippen LogP contribution < -0.4 is 10.9 Å². The number of hydrogen-bond donors (Lipinski definition) is 0. The molecule has 0 radical (unpaired) electrons. The molecule has 0 amide bonds. The SMILES string of the molecule is COCOC1(c2ccc(-c3ccc(B4OC(C)(C)C(C)(C)O4)cc3)cc2)CCC(OCOC)(c2ccc(-c3ccc(B4OC(C)(C)C(C)(C)O4)cc3)cc2)CC1. The molecule has 10 heteroatoms. The minimum Gasteiger partial charge on any atom is -0.399 e. The third-order valence-corrected chi connectivity index (χ3v) is 13.1. The molecule has 0 spiro atoms. The highest BCUT2D eigenvalue weighted by atomic mass is 16.7. The Balaban J connectivity index is 1.06. The first-order valence-corrected chi connectivity index (χ1v) is 19.9. The first kappa shape index (κ1) is 40.9. The van der Waals surface area contributed by atoms with Crippen LogP contribution in [0.5, 0.6) is 0 Å². The molecule has 296 valence electrons. The van der Waals surface area contributed by atoms with E-state index in [4.69, 9.17) is 37.6 Å². The Labute approximate surface area is 334 Å². The predicted molar refractivity (Wildman–Crippen MR) is 223 cm³/mol. The Morgan fingerprint density at radius 3 is 0.911 bits per heavy atom. The fraction of sp³-hybridized carbons (Fsp3) is 0.478. The summed E-state index contributed by atoms with van der Waals surface area (Å²) in [6, 6.07) is 34.4. The average molecular weight is 761 g/mol. The van der Waals surface area contributed by atoms with Gasteiger partial charge in [-0.2, -0.15) is 0 Å². The molecule has 0 unspecified atom stereocenters. The highest BCUT2D eigenvalue weighted by molar-refractivity contribution is 6.62. The van der Waals surface area contributed by atoms with Crippen LogP contribution in [0.4, 0.5) is 0 Å². The van der Waals surface area contributed by atoms with Gasteiger partial charge in [0, 0.05) is 14.2 Å². The van der Waals surface area contributed by atoms with Crippen LogP contribution in [0.25, 0.3) is 22.3 Å². The van der Waals surface area contributed by atoms with Gasteiger partial charge in [0.05, 0.1) is 33.6 Å². The van der Waals surface area contributed by atoms with Crippen LogP contribution >= 0.6 is 0 Å². The molecule has 0 aromatic heterocycles. The molecule has 0 bridgehead atoms. The fourth-order valence-electron chi connectivity index (χ4n) is 7.99. The van der Waals surface area contributed by atoms with Crippen LogP contribution in [0.2, 0.25) is 0 Å². The lowest BCUT2D eigenvalue weighted by atomic mass is 9.70. The zero-order valence-corrected chi connectivity index (χ0v) is 34.9. The van der Waals surface area contributed by atoms with Crippen LogP contribution in [0.15, 0.2) is 97.1 Å². The van der Waals surface area contributed by atoms with Crippen molar-refractivity contribution in [3.63, 3.8) is 0 Å². The van der Waals surface area contributed by atoms with E-state index >= 15 is 0 Å². The summed E-state index contributed by atoms with van der Waals surface area (Å²) in [5.74, 6) is 0. The zero-order valence-electron chi connectivity index (χ0n) is 34.9. The smallest absolute Gasteiger partial charge is 0.399 e. The molecule has 2 heterocycles. The first-order valence-electron chi connectivity index (χ1n) is 19.9. The molecular formula is C46H58B2O8. The summed E-state index contributed by atoms with van der Waals surface area (Å²) in [4.78, 5) is 0. The fourth-order valence-corrected chi connectivity index (χ4v) is 7.99. The molecule has 7 rings (SSSR count). The topological polar surface area (TPSA) is 73.8 Å². The lowest BCUT2D eigenvalue weighted by Gasteiger charge is -2.46. The van der Waals surface area contributed by atoms with E-state index in [0.717, 1.165) is 70.0 Å². The third-order valence-electron chi connectivity index (χ3n) is 13.1. The number of methoxy groups -OCH3 is 2. The summed E-state index contributed by atoms with van der Waals surface area (Å²) in [6.45, 7) is 17.0. The van der Waals surface area contributed by atoms with Crippen LogP contribution in [0.1, 0.15) is 92.2 Å². The van der Waals surface area contributed by atoms with Crippen molar-refractivity contribution in [2.24, 2.45) is 0 Å². The first-order chi connectivity index (χ1) is 26.5. The monoisotopic (exact) mass is 760 g/mol. The minimum absolute atomic E-state index is 0.204. The maximum atomic E-state index is 6.58. The van der Waals surface area contributed by atoms with E-state index in [9.17, 15) is 0 Å². The van der Waals surface area contributed by atoms with Gasteiger partial charge in [-0.1, -0.05) is 97.1 Å². The molecule has 2 saturated heterocycles. The van der Waals surface area contributed by atoms with E-state index in [1.54, 1.807) is 14.2 Å². The van der Waals surface area contributed by atoms with Gasteiger partial charge in [0.25, 0.3) is 0 Å².